The van der Waals surface area contributed by atoms with E-state index in [2.05, 4.69) is 19.2 Å². The fourth-order valence-corrected chi connectivity index (χ4v) is 4.52. The van der Waals surface area contributed by atoms with Gasteiger partial charge >= 0.3 is 5.69 Å². The van der Waals surface area contributed by atoms with E-state index < -0.39 is 11.2 Å². The molecule has 0 bridgehead atoms. The molecule has 36 heavy (non-hydrogen) atoms. The number of hydrogen-bond donors (Lipinski definition) is 1. The summed E-state index contributed by atoms with van der Waals surface area (Å²) in [6.07, 6.45) is 0. The number of hydrogen-bond acceptors (Lipinski definition) is 4. The van der Waals surface area contributed by atoms with Crippen LogP contribution in [0.5, 0.6) is 0 Å². The Kier molecular flexibility index (Phi) is 5.90. The molecular formula is C29H26N4O3. The summed E-state index contributed by atoms with van der Waals surface area (Å²) in [7, 11) is 1.57. The first-order chi connectivity index (χ1) is 17.4. The topological polar surface area (TPSA) is 78.0 Å². The van der Waals surface area contributed by atoms with Gasteiger partial charge in [0.05, 0.1) is 17.1 Å². The third-order valence-corrected chi connectivity index (χ3v) is 6.30. The lowest BCUT2D eigenvalue weighted by molar-refractivity contribution is 0.784. The molecule has 0 radical (unpaired) electrons. The number of aryl methyl sites for hydroxylation is 1. The zero-order chi connectivity index (χ0) is 25.4. The molecular weight excluding hydrogens is 452 g/mol. The van der Waals surface area contributed by atoms with Crippen LogP contribution >= 0.6 is 0 Å². The molecule has 0 unspecified atom stereocenters. The molecule has 0 fully saturated rings. The molecule has 0 saturated carbocycles. The van der Waals surface area contributed by atoms with Crippen LogP contribution in [-0.2, 0) is 7.05 Å². The highest BCUT2D eigenvalue weighted by molar-refractivity contribution is 5.92. The second kappa shape index (κ2) is 9.19. The second-order valence-electron chi connectivity index (χ2n) is 8.95. The number of benzene rings is 3. The summed E-state index contributed by atoms with van der Waals surface area (Å²) in [4.78, 5) is 41.0. The highest BCUT2D eigenvalue weighted by atomic mass is 16.2. The van der Waals surface area contributed by atoms with E-state index in [4.69, 9.17) is 0 Å². The van der Waals surface area contributed by atoms with Crippen LogP contribution in [0.4, 0.5) is 11.4 Å². The minimum atomic E-state index is -0.556. The molecule has 3 aromatic carbocycles. The molecule has 7 heteroatoms. The smallest absolute Gasteiger partial charge is 0.341 e. The van der Waals surface area contributed by atoms with Crippen LogP contribution < -0.4 is 22.1 Å². The number of nitrogens with zero attached hydrogens (tertiary/aromatic N) is 3. The standard InChI is InChI=1S/C29H26N4O3/c1-19(2)22-16-10-11-17-23(22)30-24-18-25(34)31(3)27-26(24)28(35)33(21-14-8-5-9-15-21)29(36)32(27)20-12-6-4-7-13-20/h4-19,30H,1-3H3. The van der Waals surface area contributed by atoms with Crippen LogP contribution in [-0.4, -0.2) is 13.7 Å². The van der Waals surface area contributed by atoms with Crippen molar-refractivity contribution in [2.75, 3.05) is 5.32 Å². The molecule has 0 amide bonds. The van der Waals surface area contributed by atoms with Gasteiger partial charge in [0.25, 0.3) is 11.1 Å². The van der Waals surface area contributed by atoms with E-state index in [1.807, 2.05) is 48.5 Å². The maximum atomic E-state index is 14.0. The molecule has 5 rings (SSSR count). The van der Waals surface area contributed by atoms with Crippen molar-refractivity contribution in [2.24, 2.45) is 7.05 Å². The zero-order valence-corrected chi connectivity index (χ0v) is 20.3. The van der Waals surface area contributed by atoms with Crippen LogP contribution in [0, 0.1) is 0 Å². The fourth-order valence-electron chi connectivity index (χ4n) is 4.52. The van der Waals surface area contributed by atoms with Gasteiger partial charge in [0.1, 0.15) is 11.0 Å². The summed E-state index contributed by atoms with van der Waals surface area (Å²) in [5.74, 6) is 0.218. The Hall–Kier alpha value is -4.65. The van der Waals surface area contributed by atoms with E-state index in [9.17, 15) is 14.4 Å². The minimum absolute atomic E-state index is 0.218. The third kappa shape index (κ3) is 3.84. The van der Waals surface area contributed by atoms with E-state index in [0.29, 0.717) is 17.1 Å². The van der Waals surface area contributed by atoms with Crippen molar-refractivity contribution in [3.8, 4) is 11.4 Å². The largest absolute Gasteiger partial charge is 0.354 e. The Morgan fingerprint density at radius 1 is 0.694 bits per heavy atom. The normalized spacial score (nSPS) is 11.2. The van der Waals surface area contributed by atoms with Crippen molar-refractivity contribution in [3.63, 3.8) is 0 Å². The van der Waals surface area contributed by atoms with Crippen LogP contribution in [0.15, 0.2) is 105 Å². The molecule has 0 spiro atoms. The number of pyridine rings is 1. The molecule has 180 valence electrons. The average molecular weight is 479 g/mol. The second-order valence-corrected chi connectivity index (χ2v) is 8.95. The first-order valence-electron chi connectivity index (χ1n) is 11.8. The molecule has 0 aliphatic carbocycles. The van der Waals surface area contributed by atoms with Crippen LogP contribution in [0.2, 0.25) is 0 Å². The predicted molar refractivity (Wildman–Crippen MR) is 144 cm³/mol. The zero-order valence-electron chi connectivity index (χ0n) is 20.3. The van der Waals surface area contributed by atoms with Gasteiger partial charge in [0.2, 0.25) is 0 Å². The first-order valence-corrected chi connectivity index (χ1v) is 11.8. The molecule has 0 aliphatic heterocycles. The van der Waals surface area contributed by atoms with Gasteiger partial charge in [-0.3, -0.25) is 14.2 Å². The Bertz CT molecular complexity index is 1750. The fraction of sp³-hybridized carbons (Fsp3) is 0.138. The SMILES string of the molecule is CC(C)c1ccccc1Nc1cc(=O)n(C)c2c1c(=O)n(-c1ccccc1)c(=O)n2-c1ccccc1. The van der Waals surface area contributed by atoms with E-state index in [0.717, 1.165) is 15.8 Å². The molecule has 1 N–H and O–H groups in total. The van der Waals surface area contributed by atoms with E-state index in [-0.39, 0.29) is 22.5 Å². The van der Waals surface area contributed by atoms with Gasteiger partial charge in [-0.15, -0.1) is 0 Å². The summed E-state index contributed by atoms with van der Waals surface area (Å²) in [5, 5.41) is 3.58. The molecule has 2 heterocycles. The van der Waals surface area contributed by atoms with E-state index >= 15 is 0 Å². The lowest BCUT2D eigenvalue weighted by Gasteiger charge is -2.20. The Morgan fingerprint density at radius 2 is 1.25 bits per heavy atom. The van der Waals surface area contributed by atoms with Gasteiger partial charge in [-0.1, -0.05) is 68.4 Å². The van der Waals surface area contributed by atoms with E-state index in [1.165, 1.54) is 15.2 Å². The number of fused-ring (bicyclic) bond motifs is 1. The maximum Gasteiger partial charge on any atom is 0.341 e. The van der Waals surface area contributed by atoms with Gasteiger partial charge in [-0.05, 0) is 41.8 Å². The first kappa shape index (κ1) is 23.1. The molecule has 0 atom stereocenters. The number of anilines is 2. The van der Waals surface area contributed by atoms with Gasteiger partial charge in [0, 0.05) is 18.8 Å². The third-order valence-electron chi connectivity index (χ3n) is 6.30. The quantitative estimate of drug-likeness (QED) is 0.397. The summed E-state index contributed by atoms with van der Waals surface area (Å²) in [6, 6.07) is 27.0. The summed E-state index contributed by atoms with van der Waals surface area (Å²) in [6.45, 7) is 4.16. The van der Waals surface area contributed by atoms with Crippen molar-refractivity contribution >= 4 is 22.4 Å². The van der Waals surface area contributed by atoms with Crippen molar-refractivity contribution in [2.45, 2.75) is 19.8 Å². The maximum absolute atomic E-state index is 14.0. The monoisotopic (exact) mass is 478 g/mol. The van der Waals surface area contributed by atoms with Crippen molar-refractivity contribution in [3.05, 3.63) is 128 Å². The highest BCUT2D eigenvalue weighted by Crippen LogP contribution is 2.29. The Morgan fingerprint density at radius 3 is 1.86 bits per heavy atom. The Labute approximate surface area is 207 Å². The van der Waals surface area contributed by atoms with Gasteiger partial charge in [-0.25, -0.2) is 13.9 Å². The lowest BCUT2D eigenvalue weighted by Crippen LogP contribution is -2.40. The predicted octanol–water partition coefficient (Wildman–Crippen LogP) is 4.71. The highest BCUT2D eigenvalue weighted by Gasteiger charge is 2.22. The van der Waals surface area contributed by atoms with Gasteiger partial charge < -0.3 is 5.32 Å². The average Bonchev–Trinajstić information content (AvgIpc) is 2.88. The van der Waals surface area contributed by atoms with Gasteiger partial charge in [0.15, 0.2) is 0 Å². The summed E-state index contributed by atoms with van der Waals surface area (Å²) < 4.78 is 3.92. The number of nitrogens with one attached hydrogen (secondary N) is 1. The van der Waals surface area contributed by atoms with Crippen LogP contribution in [0.25, 0.3) is 22.4 Å². The minimum Gasteiger partial charge on any atom is -0.354 e. The summed E-state index contributed by atoms with van der Waals surface area (Å²) >= 11 is 0. The lowest BCUT2D eigenvalue weighted by atomic mass is 10.0. The van der Waals surface area contributed by atoms with Crippen molar-refractivity contribution < 1.29 is 0 Å². The van der Waals surface area contributed by atoms with Crippen molar-refractivity contribution in [1.82, 2.24) is 13.7 Å². The molecule has 5 aromatic rings. The number of para-hydroxylation sites is 3. The van der Waals surface area contributed by atoms with E-state index in [1.54, 1.807) is 43.4 Å². The summed E-state index contributed by atoms with van der Waals surface area (Å²) in [5.41, 5.74) is 2.01. The van der Waals surface area contributed by atoms with Gasteiger partial charge in [-0.2, -0.15) is 0 Å². The molecule has 0 saturated heterocycles. The van der Waals surface area contributed by atoms with Crippen LogP contribution in [0.3, 0.4) is 0 Å². The van der Waals surface area contributed by atoms with Crippen molar-refractivity contribution in [1.29, 1.82) is 0 Å². The Balaban J connectivity index is 1.95. The molecule has 2 aromatic heterocycles. The number of rotatable bonds is 5. The molecule has 0 aliphatic rings. The number of aromatic nitrogens is 3. The molecule has 7 nitrogen and oxygen atoms in total. The van der Waals surface area contributed by atoms with Crippen LogP contribution in [0.1, 0.15) is 25.3 Å².